The van der Waals surface area contributed by atoms with Gasteiger partial charge >= 0.3 is 0 Å². The Labute approximate surface area is 99.6 Å². The molecule has 1 unspecified atom stereocenters. The van der Waals surface area contributed by atoms with Crippen LogP contribution in [0.3, 0.4) is 0 Å². The fourth-order valence-electron chi connectivity index (χ4n) is 2.44. The third-order valence-corrected chi connectivity index (χ3v) is 3.60. The average molecular weight is 226 g/mol. The lowest BCUT2D eigenvalue weighted by Gasteiger charge is -2.18. The molecule has 0 spiro atoms. The van der Waals surface area contributed by atoms with Crippen molar-refractivity contribution in [3.05, 3.63) is 0 Å². The monoisotopic (exact) mass is 226 g/mol. The Balaban J connectivity index is 2.13. The second-order valence-corrected chi connectivity index (χ2v) is 5.28. The Kier molecular flexibility index (Phi) is 5.81. The zero-order valence-electron chi connectivity index (χ0n) is 11.0. The van der Waals surface area contributed by atoms with Crippen LogP contribution < -0.4 is 5.32 Å². The Hall–Kier alpha value is -0.570. The molecule has 0 aromatic heterocycles. The summed E-state index contributed by atoms with van der Waals surface area (Å²) >= 11 is 0. The average Bonchev–Trinajstić information content (AvgIpc) is 2.76. The van der Waals surface area contributed by atoms with Crippen LogP contribution >= 0.6 is 0 Å². The van der Waals surface area contributed by atoms with Crippen molar-refractivity contribution < 1.29 is 4.79 Å². The van der Waals surface area contributed by atoms with Gasteiger partial charge < -0.3 is 10.2 Å². The van der Waals surface area contributed by atoms with Gasteiger partial charge in [-0.15, -0.1) is 0 Å². The third-order valence-electron chi connectivity index (χ3n) is 3.60. The van der Waals surface area contributed by atoms with E-state index in [4.69, 9.17) is 0 Å². The van der Waals surface area contributed by atoms with E-state index in [1.54, 1.807) is 0 Å². The van der Waals surface area contributed by atoms with Crippen molar-refractivity contribution in [2.75, 3.05) is 27.2 Å². The molecule has 3 nitrogen and oxygen atoms in total. The molecule has 94 valence electrons. The zero-order chi connectivity index (χ0) is 12.0. The van der Waals surface area contributed by atoms with Crippen LogP contribution in [0.25, 0.3) is 0 Å². The van der Waals surface area contributed by atoms with Crippen LogP contribution in [0.1, 0.15) is 39.0 Å². The van der Waals surface area contributed by atoms with Gasteiger partial charge in [-0.25, -0.2) is 0 Å². The van der Waals surface area contributed by atoms with Crippen LogP contribution in [0.5, 0.6) is 0 Å². The number of rotatable bonds is 6. The predicted octanol–water partition coefficient (Wildman–Crippen LogP) is 1.88. The Morgan fingerprint density at radius 1 is 1.38 bits per heavy atom. The number of carbonyl (C=O) groups is 1. The van der Waals surface area contributed by atoms with Crippen molar-refractivity contribution in [1.29, 1.82) is 0 Å². The van der Waals surface area contributed by atoms with Gasteiger partial charge in [-0.2, -0.15) is 0 Å². The molecule has 1 amide bonds. The van der Waals surface area contributed by atoms with Crippen molar-refractivity contribution >= 4 is 5.91 Å². The standard InChI is InChI=1S/C13H26N2O/c1-11(12-7-4-5-8-12)13(16)14-9-6-10-15(2)3/h11-12H,4-10H2,1-3H3,(H,14,16). The minimum absolute atomic E-state index is 0.210. The summed E-state index contributed by atoms with van der Waals surface area (Å²) < 4.78 is 0. The Bertz CT molecular complexity index is 210. The van der Waals surface area contributed by atoms with Crippen molar-refractivity contribution in [2.45, 2.75) is 39.0 Å². The van der Waals surface area contributed by atoms with Crippen molar-refractivity contribution in [1.82, 2.24) is 10.2 Å². The van der Waals surface area contributed by atoms with Gasteiger partial charge in [-0.1, -0.05) is 19.8 Å². The van der Waals surface area contributed by atoms with Crippen molar-refractivity contribution in [2.24, 2.45) is 11.8 Å². The van der Waals surface area contributed by atoms with E-state index in [0.717, 1.165) is 19.5 Å². The molecule has 1 aliphatic rings. The summed E-state index contributed by atoms with van der Waals surface area (Å²) in [6, 6.07) is 0. The Morgan fingerprint density at radius 2 is 2.00 bits per heavy atom. The van der Waals surface area contributed by atoms with Gasteiger partial charge in [0.2, 0.25) is 5.91 Å². The maximum Gasteiger partial charge on any atom is 0.223 e. The van der Waals surface area contributed by atoms with Gasteiger partial charge in [0.1, 0.15) is 0 Å². The van der Waals surface area contributed by atoms with Crippen LogP contribution in [0.2, 0.25) is 0 Å². The molecule has 0 bridgehead atoms. The first kappa shape index (κ1) is 13.5. The summed E-state index contributed by atoms with van der Waals surface area (Å²) in [6.45, 7) is 3.93. The smallest absolute Gasteiger partial charge is 0.223 e. The highest BCUT2D eigenvalue weighted by atomic mass is 16.1. The van der Waals surface area contributed by atoms with Crippen LogP contribution in [0.4, 0.5) is 0 Å². The van der Waals surface area contributed by atoms with Crippen LogP contribution in [-0.2, 0) is 4.79 Å². The maximum atomic E-state index is 11.9. The minimum atomic E-state index is 0.210. The molecule has 16 heavy (non-hydrogen) atoms. The summed E-state index contributed by atoms with van der Waals surface area (Å²) in [6.07, 6.45) is 6.14. The largest absolute Gasteiger partial charge is 0.356 e. The van der Waals surface area contributed by atoms with Gasteiger partial charge in [0.05, 0.1) is 0 Å². The van der Waals surface area contributed by atoms with E-state index < -0.39 is 0 Å². The van der Waals surface area contributed by atoms with Gasteiger partial charge in [0.15, 0.2) is 0 Å². The van der Waals surface area contributed by atoms with Crippen molar-refractivity contribution in [3.63, 3.8) is 0 Å². The fourth-order valence-corrected chi connectivity index (χ4v) is 2.44. The van der Waals surface area contributed by atoms with Crippen LogP contribution in [-0.4, -0.2) is 38.0 Å². The summed E-state index contributed by atoms with van der Waals surface area (Å²) in [5.41, 5.74) is 0. The molecule has 1 rings (SSSR count). The molecule has 1 aliphatic carbocycles. The van der Waals surface area contributed by atoms with Crippen molar-refractivity contribution in [3.8, 4) is 0 Å². The van der Waals surface area contributed by atoms with Gasteiger partial charge in [-0.05, 0) is 45.8 Å². The minimum Gasteiger partial charge on any atom is -0.356 e. The zero-order valence-corrected chi connectivity index (χ0v) is 11.0. The first-order valence-electron chi connectivity index (χ1n) is 6.53. The van der Waals surface area contributed by atoms with E-state index in [1.165, 1.54) is 25.7 Å². The number of hydrogen-bond donors (Lipinski definition) is 1. The predicted molar refractivity (Wildman–Crippen MR) is 67.3 cm³/mol. The van der Waals surface area contributed by atoms with E-state index in [9.17, 15) is 4.79 Å². The number of hydrogen-bond acceptors (Lipinski definition) is 2. The van der Waals surface area contributed by atoms with E-state index >= 15 is 0 Å². The molecule has 1 atom stereocenters. The molecular weight excluding hydrogens is 200 g/mol. The van der Waals surface area contributed by atoms with E-state index in [1.807, 2.05) is 0 Å². The number of carbonyl (C=O) groups excluding carboxylic acids is 1. The van der Waals surface area contributed by atoms with E-state index in [2.05, 4.69) is 31.2 Å². The summed E-state index contributed by atoms with van der Waals surface area (Å²) in [7, 11) is 4.12. The first-order valence-corrected chi connectivity index (χ1v) is 6.53. The molecule has 0 aromatic carbocycles. The molecule has 0 heterocycles. The van der Waals surface area contributed by atoms with Gasteiger partial charge in [-0.3, -0.25) is 4.79 Å². The molecular formula is C13H26N2O. The maximum absolute atomic E-state index is 11.9. The summed E-state index contributed by atoms with van der Waals surface area (Å²) in [4.78, 5) is 14.0. The highest BCUT2D eigenvalue weighted by Gasteiger charge is 2.26. The fraction of sp³-hybridized carbons (Fsp3) is 0.923. The SMILES string of the molecule is CC(C(=O)NCCCN(C)C)C1CCCC1. The lowest BCUT2D eigenvalue weighted by atomic mass is 9.92. The molecule has 0 aromatic rings. The molecule has 1 fully saturated rings. The van der Waals surface area contributed by atoms with E-state index in [0.29, 0.717) is 5.92 Å². The summed E-state index contributed by atoms with van der Waals surface area (Å²) in [5, 5.41) is 3.05. The van der Waals surface area contributed by atoms with Crippen LogP contribution in [0.15, 0.2) is 0 Å². The molecule has 0 aliphatic heterocycles. The molecule has 1 N–H and O–H groups in total. The molecule has 0 saturated heterocycles. The molecule has 1 saturated carbocycles. The van der Waals surface area contributed by atoms with Gasteiger partial charge in [0.25, 0.3) is 0 Å². The lowest BCUT2D eigenvalue weighted by Crippen LogP contribution is -2.34. The Morgan fingerprint density at radius 3 is 2.56 bits per heavy atom. The topological polar surface area (TPSA) is 32.3 Å². The van der Waals surface area contributed by atoms with E-state index in [-0.39, 0.29) is 11.8 Å². The normalized spacial score (nSPS) is 19.0. The highest BCUT2D eigenvalue weighted by Crippen LogP contribution is 2.31. The van der Waals surface area contributed by atoms with Gasteiger partial charge in [0, 0.05) is 12.5 Å². The number of nitrogens with one attached hydrogen (secondary N) is 1. The highest BCUT2D eigenvalue weighted by molar-refractivity contribution is 5.78. The van der Waals surface area contributed by atoms with Crippen LogP contribution in [0, 0.1) is 11.8 Å². The third kappa shape index (κ3) is 4.52. The second kappa shape index (κ2) is 6.89. The molecule has 3 heteroatoms. The second-order valence-electron chi connectivity index (χ2n) is 5.28. The molecule has 0 radical (unpaired) electrons. The quantitative estimate of drug-likeness (QED) is 0.701. The number of nitrogens with zero attached hydrogens (tertiary/aromatic N) is 1. The summed E-state index contributed by atoms with van der Waals surface area (Å²) in [5.74, 6) is 1.10. The number of amides is 1. The first-order chi connectivity index (χ1) is 7.61. The lowest BCUT2D eigenvalue weighted by molar-refractivity contribution is -0.126.